The van der Waals surface area contributed by atoms with Crippen LogP contribution in [0, 0.1) is 0 Å². The molecule has 1 aromatic heterocycles. The van der Waals surface area contributed by atoms with E-state index in [2.05, 4.69) is 34.9 Å². The Kier molecular flexibility index (Phi) is 4.95. The molecule has 2 unspecified atom stereocenters. The summed E-state index contributed by atoms with van der Waals surface area (Å²) in [6.45, 7) is 6.20. The highest BCUT2D eigenvalue weighted by Crippen LogP contribution is 2.27. The van der Waals surface area contributed by atoms with Gasteiger partial charge >= 0.3 is 0 Å². The van der Waals surface area contributed by atoms with Gasteiger partial charge in [0.15, 0.2) is 0 Å². The molecule has 0 aliphatic heterocycles. The van der Waals surface area contributed by atoms with Crippen molar-refractivity contribution < 1.29 is 4.74 Å². The molecule has 0 saturated heterocycles. The predicted octanol–water partition coefficient (Wildman–Crippen LogP) is 2.65. The summed E-state index contributed by atoms with van der Waals surface area (Å²) in [6, 6.07) is 0.249. The van der Waals surface area contributed by atoms with E-state index in [4.69, 9.17) is 10.5 Å². The molecule has 0 spiro atoms. The van der Waals surface area contributed by atoms with Crippen LogP contribution >= 0.6 is 15.9 Å². The van der Waals surface area contributed by atoms with Gasteiger partial charge in [-0.1, -0.05) is 0 Å². The van der Waals surface area contributed by atoms with E-state index in [1.54, 1.807) is 13.3 Å². The quantitative estimate of drug-likeness (QED) is 0.907. The lowest BCUT2D eigenvalue weighted by atomic mass is 10.1. The molecule has 2 N–H and O–H groups in total. The highest BCUT2D eigenvalue weighted by molar-refractivity contribution is 9.10. The van der Waals surface area contributed by atoms with Crippen molar-refractivity contribution in [1.29, 1.82) is 0 Å². The minimum absolute atomic E-state index is 0.0609. The topological polar surface area (TPSA) is 53.1 Å². The van der Waals surface area contributed by atoms with Gasteiger partial charge < -0.3 is 10.5 Å². The summed E-state index contributed by atoms with van der Waals surface area (Å²) in [6.07, 6.45) is 2.73. The average Bonchev–Trinajstić information content (AvgIpc) is 2.59. The Balaban J connectivity index is 2.89. The Morgan fingerprint density at radius 1 is 1.50 bits per heavy atom. The Morgan fingerprint density at radius 2 is 2.12 bits per heavy atom. The van der Waals surface area contributed by atoms with Gasteiger partial charge in [-0.2, -0.15) is 5.10 Å². The standard InChI is InChI=1S/C11H20BrN3O/c1-7(2)15-11(9(12)6-14-15)10(13)5-8(3)16-4/h6-8,10H,5,13H2,1-4H3. The third-order valence-corrected chi connectivity index (χ3v) is 3.23. The van der Waals surface area contributed by atoms with Crippen molar-refractivity contribution in [2.45, 2.75) is 45.4 Å². The second-order valence-corrected chi connectivity index (χ2v) is 5.16. The summed E-state index contributed by atoms with van der Waals surface area (Å²) >= 11 is 3.49. The first-order valence-electron chi connectivity index (χ1n) is 5.48. The molecule has 0 amide bonds. The molecule has 0 aliphatic carbocycles. The van der Waals surface area contributed by atoms with Crippen molar-refractivity contribution in [3.63, 3.8) is 0 Å². The fraction of sp³-hybridized carbons (Fsp3) is 0.727. The van der Waals surface area contributed by atoms with Gasteiger partial charge in [0.1, 0.15) is 0 Å². The van der Waals surface area contributed by atoms with E-state index in [1.165, 1.54) is 0 Å². The van der Waals surface area contributed by atoms with Crippen LogP contribution in [0.2, 0.25) is 0 Å². The number of methoxy groups -OCH3 is 1. The molecule has 0 bridgehead atoms. The minimum atomic E-state index is -0.0609. The van der Waals surface area contributed by atoms with Gasteiger partial charge in [0.05, 0.1) is 28.5 Å². The van der Waals surface area contributed by atoms with Crippen LogP contribution in [0.25, 0.3) is 0 Å². The van der Waals surface area contributed by atoms with E-state index >= 15 is 0 Å². The molecule has 2 atom stereocenters. The number of nitrogens with two attached hydrogens (primary N) is 1. The molecule has 0 aromatic carbocycles. The van der Waals surface area contributed by atoms with E-state index < -0.39 is 0 Å². The van der Waals surface area contributed by atoms with Crippen molar-refractivity contribution >= 4 is 15.9 Å². The van der Waals surface area contributed by atoms with Gasteiger partial charge in [-0.05, 0) is 43.1 Å². The molecule has 16 heavy (non-hydrogen) atoms. The Labute approximate surface area is 105 Å². The zero-order chi connectivity index (χ0) is 12.3. The number of hydrogen-bond acceptors (Lipinski definition) is 3. The number of hydrogen-bond donors (Lipinski definition) is 1. The van der Waals surface area contributed by atoms with Crippen molar-refractivity contribution in [1.82, 2.24) is 9.78 Å². The number of ether oxygens (including phenoxy) is 1. The summed E-state index contributed by atoms with van der Waals surface area (Å²) in [4.78, 5) is 0. The van der Waals surface area contributed by atoms with Crippen LogP contribution in [0.5, 0.6) is 0 Å². The Morgan fingerprint density at radius 3 is 2.62 bits per heavy atom. The zero-order valence-corrected chi connectivity index (χ0v) is 11.9. The van der Waals surface area contributed by atoms with E-state index in [-0.39, 0.29) is 12.1 Å². The molecule has 4 nitrogen and oxygen atoms in total. The lowest BCUT2D eigenvalue weighted by molar-refractivity contribution is 0.103. The fourth-order valence-electron chi connectivity index (χ4n) is 1.67. The van der Waals surface area contributed by atoms with Crippen molar-refractivity contribution in [2.75, 3.05) is 7.11 Å². The number of halogens is 1. The van der Waals surface area contributed by atoms with E-state index in [9.17, 15) is 0 Å². The molecule has 0 fully saturated rings. The highest BCUT2D eigenvalue weighted by Gasteiger charge is 2.20. The average molecular weight is 290 g/mol. The van der Waals surface area contributed by atoms with Crippen molar-refractivity contribution in [3.8, 4) is 0 Å². The van der Waals surface area contributed by atoms with Gasteiger partial charge in [-0.25, -0.2) is 0 Å². The molecule has 0 aliphatic rings. The smallest absolute Gasteiger partial charge is 0.0697 e. The molecule has 1 aromatic rings. The van der Waals surface area contributed by atoms with Crippen molar-refractivity contribution in [2.24, 2.45) is 5.73 Å². The van der Waals surface area contributed by atoms with Gasteiger partial charge in [-0.15, -0.1) is 0 Å². The highest BCUT2D eigenvalue weighted by atomic mass is 79.9. The van der Waals surface area contributed by atoms with Crippen LogP contribution in [0.3, 0.4) is 0 Å². The van der Waals surface area contributed by atoms with Crippen LogP contribution in [0.1, 0.15) is 45.0 Å². The summed E-state index contributed by atoms with van der Waals surface area (Å²) in [5.74, 6) is 0. The molecule has 1 heterocycles. The maximum atomic E-state index is 6.18. The number of nitrogens with zero attached hydrogens (tertiary/aromatic N) is 2. The van der Waals surface area contributed by atoms with Crippen LogP contribution < -0.4 is 5.73 Å². The molecular weight excluding hydrogens is 270 g/mol. The summed E-state index contributed by atoms with van der Waals surface area (Å²) in [7, 11) is 1.70. The zero-order valence-electron chi connectivity index (χ0n) is 10.3. The first kappa shape index (κ1) is 13.7. The van der Waals surface area contributed by atoms with Crippen LogP contribution in [-0.4, -0.2) is 23.0 Å². The molecule has 0 saturated carbocycles. The minimum Gasteiger partial charge on any atom is -0.382 e. The molecule has 92 valence electrons. The molecule has 5 heteroatoms. The molecule has 0 radical (unpaired) electrons. The van der Waals surface area contributed by atoms with E-state index in [0.29, 0.717) is 6.04 Å². The van der Waals surface area contributed by atoms with Gasteiger partial charge in [-0.3, -0.25) is 4.68 Å². The van der Waals surface area contributed by atoms with E-state index in [0.717, 1.165) is 16.6 Å². The summed E-state index contributed by atoms with van der Waals surface area (Å²) in [5.41, 5.74) is 7.23. The van der Waals surface area contributed by atoms with Crippen LogP contribution in [0.4, 0.5) is 0 Å². The third-order valence-electron chi connectivity index (χ3n) is 2.62. The maximum absolute atomic E-state index is 6.18. The van der Waals surface area contributed by atoms with E-state index in [1.807, 2.05) is 11.6 Å². The SMILES string of the molecule is COC(C)CC(N)c1c(Br)cnn1C(C)C. The molecule has 1 rings (SSSR count). The number of aromatic nitrogens is 2. The van der Waals surface area contributed by atoms with Gasteiger partial charge in [0.25, 0.3) is 0 Å². The van der Waals surface area contributed by atoms with Crippen molar-refractivity contribution in [3.05, 3.63) is 16.4 Å². The lowest BCUT2D eigenvalue weighted by Crippen LogP contribution is -2.22. The number of rotatable bonds is 5. The molecular formula is C11H20BrN3O. The summed E-state index contributed by atoms with van der Waals surface area (Å²) < 4.78 is 8.16. The third kappa shape index (κ3) is 3.06. The Bertz CT molecular complexity index is 338. The second kappa shape index (κ2) is 5.80. The summed E-state index contributed by atoms with van der Waals surface area (Å²) in [5, 5.41) is 4.32. The van der Waals surface area contributed by atoms with Crippen LogP contribution in [0.15, 0.2) is 10.7 Å². The monoisotopic (exact) mass is 289 g/mol. The predicted molar refractivity (Wildman–Crippen MR) is 68.3 cm³/mol. The first-order chi connectivity index (χ1) is 7.47. The second-order valence-electron chi connectivity index (χ2n) is 4.30. The maximum Gasteiger partial charge on any atom is 0.0697 e. The Hall–Kier alpha value is -0.390. The van der Waals surface area contributed by atoms with Gasteiger partial charge in [0, 0.05) is 13.2 Å². The largest absolute Gasteiger partial charge is 0.382 e. The fourth-order valence-corrected chi connectivity index (χ4v) is 2.24. The normalized spacial score (nSPS) is 15.4. The van der Waals surface area contributed by atoms with Crippen LogP contribution in [-0.2, 0) is 4.74 Å². The lowest BCUT2D eigenvalue weighted by Gasteiger charge is -2.20. The first-order valence-corrected chi connectivity index (χ1v) is 6.28. The van der Waals surface area contributed by atoms with Gasteiger partial charge in [0.2, 0.25) is 0 Å².